The molecule has 1 aliphatic heterocycles. The Hall–Kier alpha value is -3.35. The van der Waals surface area contributed by atoms with E-state index >= 15 is 0 Å². The molecule has 0 radical (unpaired) electrons. The second-order valence-electron chi connectivity index (χ2n) is 6.59. The molecule has 0 aliphatic carbocycles. The number of nitrogens with zero attached hydrogens (tertiary/aromatic N) is 3. The Balaban J connectivity index is 1.70. The minimum atomic E-state index is -0.617. The molecule has 2 aromatic heterocycles. The summed E-state index contributed by atoms with van der Waals surface area (Å²) in [7, 11) is 1.59. The summed E-state index contributed by atoms with van der Waals surface area (Å²) in [6, 6.07) is 12.9. The molecule has 0 unspecified atom stereocenters. The maximum Gasteiger partial charge on any atom is 0.262 e. The van der Waals surface area contributed by atoms with Gasteiger partial charge in [-0.15, -0.1) is 0 Å². The lowest BCUT2D eigenvalue weighted by atomic mass is 10.1. The number of fused-ring (bicyclic) bond motifs is 2. The fourth-order valence-electron chi connectivity index (χ4n) is 3.29. The molecule has 0 saturated heterocycles. The Kier molecular flexibility index (Phi) is 4.27. The topological polar surface area (TPSA) is 75.9 Å². The maximum atomic E-state index is 12.5. The molecule has 7 nitrogen and oxygen atoms in total. The molecule has 1 aliphatic rings. The van der Waals surface area contributed by atoms with Gasteiger partial charge in [0.1, 0.15) is 11.4 Å². The standard InChI is InChI=1S/C20H20N4O3/c1-13-7-8-18-22-14(9-19(25)24(18)10-13)11-23-12-17(20(26)21-2)27-16-6-4-3-5-15(16)23/h3-10,17H,11-12H2,1-2H3,(H,21,26)/t17-/m0/s1. The largest absolute Gasteiger partial charge is 0.477 e. The highest BCUT2D eigenvalue weighted by Gasteiger charge is 2.30. The SMILES string of the molecule is CNC(=O)[C@@H]1CN(Cc2cc(=O)n3cc(C)ccc3n2)c2ccccc2O1. The Bertz CT molecular complexity index is 1080. The van der Waals surface area contributed by atoms with Crippen molar-refractivity contribution in [1.82, 2.24) is 14.7 Å². The molecule has 0 fully saturated rings. The zero-order valence-electron chi connectivity index (χ0n) is 15.2. The Labute approximate surface area is 156 Å². The average molecular weight is 364 g/mol. The van der Waals surface area contributed by atoms with E-state index in [1.807, 2.05) is 48.2 Å². The van der Waals surface area contributed by atoms with E-state index in [0.29, 0.717) is 30.2 Å². The lowest BCUT2D eigenvalue weighted by Crippen LogP contribution is -2.48. The van der Waals surface area contributed by atoms with Crippen LogP contribution >= 0.6 is 0 Å². The molecular weight excluding hydrogens is 344 g/mol. The summed E-state index contributed by atoms with van der Waals surface area (Å²) in [5, 5.41) is 2.63. The van der Waals surface area contributed by atoms with Crippen molar-refractivity contribution in [1.29, 1.82) is 0 Å². The monoisotopic (exact) mass is 364 g/mol. The third-order valence-electron chi connectivity index (χ3n) is 4.61. The molecule has 1 N–H and O–H groups in total. The predicted molar refractivity (Wildman–Crippen MR) is 102 cm³/mol. The van der Waals surface area contributed by atoms with E-state index in [2.05, 4.69) is 10.3 Å². The number of aryl methyl sites for hydroxylation is 1. The van der Waals surface area contributed by atoms with Gasteiger partial charge in [-0.2, -0.15) is 0 Å². The first-order valence-corrected chi connectivity index (χ1v) is 8.76. The Morgan fingerprint density at radius 1 is 1.30 bits per heavy atom. The van der Waals surface area contributed by atoms with Crippen LogP contribution in [0, 0.1) is 6.92 Å². The molecule has 3 heterocycles. The van der Waals surface area contributed by atoms with Gasteiger partial charge in [0.25, 0.3) is 11.5 Å². The van der Waals surface area contributed by atoms with E-state index in [4.69, 9.17) is 4.74 Å². The van der Waals surface area contributed by atoms with Crippen LogP contribution in [0.4, 0.5) is 5.69 Å². The van der Waals surface area contributed by atoms with E-state index in [-0.39, 0.29) is 11.5 Å². The van der Waals surface area contributed by atoms with E-state index in [0.717, 1.165) is 11.3 Å². The van der Waals surface area contributed by atoms with Gasteiger partial charge in [0.15, 0.2) is 6.10 Å². The number of nitrogens with one attached hydrogen (secondary N) is 1. The molecule has 0 spiro atoms. The van der Waals surface area contributed by atoms with Crippen LogP contribution in [0.3, 0.4) is 0 Å². The number of ether oxygens (including phenoxy) is 1. The number of rotatable bonds is 3. The number of para-hydroxylation sites is 2. The second-order valence-corrected chi connectivity index (χ2v) is 6.59. The molecule has 27 heavy (non-hydrogen) atoms. The van der Waals surface area contributed by atoms with Crippen molar-refractivity contribution in [2.24, 2.45) is 0 Å². The molecular formula is C20H20N4O3. The number of pyridine rings is 1. The van der Waals surface area contributed by atoms with Crippen molar-refractivity contribution in [2.45, 2.75) is 19.6 Å². The molecule has 1 aromatic carbocycles. The van der Waals surface area contributed by atoms with Crippen LogP contribution < -0.4 is 20.5 Å². The van der Waals surface area contributed by atoms with Crippen molar-refractivity contribution in [3.05, 3.63) is 70.3 Å². The zero-order chi connectivity index (χ0) is 19.0. The van der Waals surface area contributed by atoms with Crippen LogP contribution in [-0.2, 0) is 11.3 Å². The summed E-state index contributed by atoms with van der Waals surface area (Å²) in [6.07, 6.45) is 1.16. The molecule has 1 atom stereocenters. The van der Waals surface area contributed by atoms with Gasteiger partial charge < -0.3 is 15.0 Å². The average Bonchev–Trinajstić information content (AvgIpc) is 2.68. The first-order valence-electron chi connectivity index (χ1n) is 8.76. The van der Waals surface area contributed by atoms with Gasteiger partial charge in [0.05, 0.1) is 24.5 Å². The summed E-state index contributed by atoms with van der Waals surface area (Å²) in [6.45, 7) is 2.72. The van der Waals surface area contributed by atoms with Gasteiger partial charge in [0, 0.05) is 19.3 Å². The van der Waals surface area contributed by atoms with Crippen LogP contribution in [-0.4, -0.2) is 35.0 Å². The molecule has 1 amide bonds. The smallest absolute Gasteiger partial charge is 0.262 e. The third kappa shape index (κ3) is 3.23. The fourth-order valence-corrected chi connectivity index (χ4v) is 3.29. The molecule has 3 aromatic rings. The van der Waals surface area contributed by atoms with Crippen molar-refractivity contribution < 1.29 is 9.53 Å². The molecule has 0 saturated carbocycles. The fraction of sp³-hybridized carbons (Fsp3) is 0.250. The number of benzene rings is 1. The Morgan fingerprint density at radius 2 is 2.11 bits per heavy atom. The van der Waals surface area contributed by atoms with Crippen molar-refractivity contribution >= 4 is 17.2 Å². The minimum Gasteiger partial charge on any atom is -0.477 e. The molecule has 0 bridgehead atoms. The number of carbonyl (C=O) groups is 1. The van der Waals surface area contributed by atoms with Crippen LogP contribution in [0.5, 0.6) is 5.75 Å². The number of hydrogen-bond acceptors (Lipinski definition) is 5. The lowest BCUT2D eigenvalue weighted by Gasteiger charge is -2.35. The van der Waals surface area contributed by atoms with Crippen LogP contribution in [0.15, 0.2) is 53.5 Å². The van der Waals surface area contributed by atoms with E-state index in [1.54, 1.807) is 23.7 Å². The van der Waals surface area contributed by atoms with E-state index in [9.17, 15) is 9.59 Å². The van der Waals surface area contributed by atoms with Crippen LogP contribution in [0.2, 0.25) is 0 Å². The summed E-state index contributed by atoms with van der Waals surface area (Å²) in [5.41, 5.74) is 3.00. The molecule has 138 valence electrons. The summed E-state index contributed by atoms with van der Waals surface area (Å²) < 4.78 is 7.36. The first kappa shape index (κ1) is 17.1. The number of anilines is 1. The predicted octanol–water partition coefficient (Wildman–Crippen LogP) is 1.52. The minimum absolute atomic E-state index is 0.122. The normalized spacial score (nSPS) is 15.9. The second kappa shape index (κ2) is 6.75. The van der Waals surface area contributed by atoms with Crippen LogP contribution in [0.25, 0.3) is 5.65 Å². The van der Waals surface area contributed by atoms with Gasteiger partial charge in [0.2, 0.25) is 0 Å². The van der Waals surface area contributed by atoms with Crippen LogP contribution in [0.1, 0.15) is 11.3 Å². The first-order chi connectivity index (χ1) is 13.0. The zero-order valence-corrected chi connectivity index (χ0v) is 15.2. The maximum absolute atomic E-state index is 12.5. The number of hydrogen-bond donors (Lipinski definition) is 1. The van der Waals surface area contributed by atoms with Crippen molar-refractivity contribution in [2.75, 3.05) is 18.5 Å². The van der Waals surface area contributed by atoms with E-state index < -0.39 is 6.10 Å². The lowest BCUT2D eigenvalue weighted by molar-refractivity contribution is -0.127. The third-order valence-corrected chi connectivity index (χ3v) is 4.61. The van der Waals surface area contributed by atoms with Gasteiger partial charge in [-0.3, -0.25) is 14.0 Å². The van der Waals surface area contributed by atoms with Crippen molar-refractivity contribution in [3.8, 4) is 5.75 Å². The quantitative estimate of drug-likeness (QED) is 0.763. The molecule has 7 heteroatoms. The Morgan fingerprint density at radius 3 is 2.93 bits per heavy atom. The highest BCUT2D eigenvalue weighted by molar-refractivity contribution is 5.83. The summed E-state index contributed by atoms with van der Waals surface area (Å²) in [5.74, 6) is 0.460. The number of amides is 1. The highest BCUT2D eigenvalue weighted by Crippen LogP contribution is 2.33. The van der Waals surface area contributed by atoms with Gasteiger partial charge >= 0.3 is 0 Å². The van der Waals surface area contributed by atoms with Gasteiger partial charge in [-0.25, -0.2) is 4.98 Å². The number of aromatic nitrogens is 2. The number of likely N-dealkylation sites (N-methyl/N-ethyl adjacent to an activating group) is 1. The van der Waals surface area contributed by atoms with Gasteiger partial charge in [-0.1, -0.05) is 18.2 Å². The summed E-state index contributed by atoms with van der Waals surface area (Å²) >= 11 is 0. The highest BCUT2D eigenvalue weighted by atomic mass is 16.5. The van der Waals surface area contributed by atoms with E-state index in [1.165, 1.54) is 0 Å². The number of carbonyl (C=O) groups excluding carboxylic acids is 1. The van der Waals surface area contributed by atoms with Crippen molar-refractivity contribution in [3.63, 3.8) is 0 Å². The molecule has 4 rings (SSSR count). The van der Waals surface area contributed by atoms with Gasteiger partial charge in [-0.05, 0) is 30.7 Å². The summed E-state index contributed by atoms with van der Waals surface area (Å²) in [4.78, 5) is 31.2.